The van der Waals surface area contributed by atoms with Crippen molar-refractivity contribution in [3.05, 3.63) is 23.8 Å². The molecule has 0 radical (unpaired) electrons. The molecule has 0 aliphatic carbocycles. The quantitative estimate of drug-likeness (QED) is 0.829. The van der Waals surface area contributed by atoms with Crippen molar-refractivity contribution < 1.29 is 28.9 Å². The average Bonchev–Trinajstić information content (AvgIpc) is 2.70. The van der Waals surface area contributed by atoms with Crippen LogP contribution in [-0.2, 0) is 9.53 Å². The molecule has 0 saturated heterocycles. The maximum absolute atomic E-state index is 12.1. The van der Waals surface area contributed by atoms with E-state index in [4.69, 9.17) is 19.3 Å². The highest BCUT2D eigenvalue weighted by molar-refractivity contribution is 5.97. The van der Waals surface area contributed by atoms with Crippen molar-refractivity contribution >= 4 is 11.9 Å². The molecule has 1 aliphatic heterocycles. The summed E-state index contributed by atoms with van der Waals surface area (Å²) in [5, 5.41) is 11.4. The van der Waals surface area contributed by atoms with E-state index in [1.807, 2.05) is 0 Å². The molecule has 1 heterocycles. The molecule has 0 saturated carbocycles. The third-order valence-electron chi connectivity index (χ3n) is 2.95. The fourth-order valence-corrected chi connectivity index (χ4v) is 1.89. The number of ether oxygens (including phenoxy) is 3. The van der Waals surface area contributed by atoms with Gasteiger partial charge in [0.15, 0.2) is 17.5 Å². The van der Waals surface area contributed by atoms with Gasteiger partial charge in [-0.3, -0.25) is 4.79 Å². The van der Waals surface area contributed by atoms with Gasteiger partial charge in [0, 0.05) is 19.1 Å². The van der Waals surface area contributed by atoms with Crippen molar-refractivity contribution in [2.24, 2.45) is 0 Å². The molecule has 2 N–H and O–H groups in total. The van der Waals surface area contributed by atoms with Crippen molar-refractivity contribution in [3.8, 4) is 11.5 Å². The molecule has 1 amide bonds. The summed E-state index contributed by atoms with van der Waals surface area (Å²) in [6.07, 6.45) is 0.769. The lowest BCUT2D eigenvalue weighted by atomic mass is 10.1. The van der Waals surface area contributed by atoms with Crippen LogP contribution in [0.25, 0.3) is 0 Å². The van der Waals surface area contributed by atoms with Gasteiger partial charge in [0.1, 0.15) is 0 Å². The number of carbonyl (C=O) groups is 2. The number of carbonyl (C=O) groups excluding carboxylic acids is 1. The predicted molar refractivity (Wildman–Crippen MR) is 72.8 cm³/mol. The minimum atomic E-state index is -1.15. The Bertz CT molecular complexity index is 530. The molecular weight excluding hydrogens is 278 g/mol. The molecule has 114 valence electrons. The van der Waals surface area contributed by atoms with Gasteiger partial charge in [-0.25, -0.2) is 4.79 Å². The third kappa shape index (κ3) is 3.85. The van der Waals surface area contributed by atoms with Gasteiger partial charge in [0.25, 0.3) is 5.91 Å². The SMILES string of the molecule is COCC(NC(=O)c1ccc2c(c1)OCCCO2)C(=O)O. The third-order valence-corrected chi connectivity index (χ3v) is 2.95. The first-order valence-electron chi connectivity index (χ1n) is 6.54. The van der Waals surface area contributed by atoms with Crippen molar-refractivity contribution in [2.45, 2.75) is 12.5 Å². The second-order valence-electron chi connectivity index (χ2n) is 4.53. The van der Waals surface area contributed by atoms with E-state index in [1.165, 1.54) is 7.11 Å². The molecule has 2 rings (SSSR count). The first kappa shape index (κ1) is 15.1. The van der Waals surface area contributed by atoms with Crippen LogP contribution in [0.2, 0.25) is 0 Å². The van der Waals surface area contributed by atoms with Crippen LogP contribution in [0.4, 0.5) is 0 Å². The van der Waals surface area contributed by atoms with Crippen LogP contribution in [0.1, 0.15) is 16.8 Å². The number of benzene rings is 1. The van der Waals surface area contributed by atoms with Gasteiger partial charge in [-0.2, -0.15) is 0 Å². The number of hydrogen-bond donors (Lipinski definition) is 2. The molecule has 0 bridgehead atoms. The summed E-state index contributed by atoms with van der Waals surface area (Å²) in [5.41, 5.74) is 0.307. The lowest BCUT2D eigenvalue weighted by molar-refractivity contribution is -0.140. The van der Waals surface area contributed by atoms with Crippen LogP contribution in [0.5, 0.6) is 11.5 Å². The lowest BCUT2D eigenvalue weighted by Crippen LogP contribution is -2.43. The van der Waals surface area contributed by atoms with Crippen molar-refractivity contribution in [1.29, 1.82) is 0 Å². The molecule has 1 aromatic rings. The normalized spacial score (nSPS) is 14.9. The monoisotopic (exact) mass is 295 g/mol. The summed E-state index contributed by atoms with van der Waals surface area (Å²) < 4.78 is 15.7. The van der Waals surface area contributed by atoms with E-state index in [9.17, 15) is 9.59 Å². The molecule has 1 atom stereocenters. The minimum absolute atomic E-state index is 0.106. The van der Waals surface area contributed by atoms with Crippen LogP contribution in [-0.4, -0.2) is 50.0 Å². The molecule has 7 heteroatoms. The minimum Gasteiger partial charge on any atom is -0.490 e. The van der Waals surface area contributed by atoms with Gasteiger partial charge >= 0.3 is 5.97 Å². The topological polar surface area (TPSA) is 94.1 Å². The predicted octanol–water partition coefficient (Wildman–Crippen LogP) is 0.677. The fourth-order valence-electron chi connectivity index (χ4n) is 1.89. The molecule has 7 nitrogen and oxygen atoms in total. The highest BCUT2D eigenvalue weighted by Gasteiger charge is 2.21. The summed E-state index contributed by atoms with van der Waals surface area (Å²) in [6.45, 7) is 0.971. The Morgan fingerprint density at radius 2 is 2.05 bits per heavy atom. The Balaban J connectivity index is 2.12. The molecule has 0 spiro atoms. The Hall–Kier alpha value is -2.28. The standard InChI is InChI=1S/C14H17NO6/c1-19-8-10(14(17)18)15-13(16)9-3-4-11-12(7-9)21-6-2-5-20-11/h3-4,7,10H,2,5-6,8H2,1H3,(H,15,16)(H,17,18). The summed E-state index contributed by atoms with van der Waals surface area (Å²) in [7, 11) is 1.37. The van der Waals surface area contributed by atoms with E-state index < -0.39 is 17.9 Å². The number of carboxylic acid groups (broad SMARTS) is 1. The van der Waals surface area contributed by atoms with Gasteiger partial charge in [-0.05, 0) is 18.2 Å². The number of fused-ring (bicyclic) bond motifs is 1. The molecule has 0 fully saturated rings. The van der Waals surface area contributed by atoms with E-state index in [0.29, 0.717) is 30.3 Å². The second-order valence-corrected chi connectivity index (χ2v) is 4.53. The smallest absolute Gasteiger partial charge is 0.328 e. The fraction of sp³-hybridized carbons (Fsp3) is 0.429. The van der Waals surface area contributed by atoms with Crippen LogP contribution in [0, 0.1) is 0 Å². The van der Waals surface area contributed by atoms with Gasteiger partial charge in [0.2, 0.25) is 0 Å². The molecular formula is C14H17NO6. The average molecular weight is 295 g/mol. The van der Waals surface area contributed by atoms with E-state index in [0.717, 1.165) is 6.42 Å². The van der Waals surface area contributed by atoms with Crippen molar-refractivity contribution in [1.82, 2.24) is 5.32 Å². The molecule has 1 aromatic carbocycles. The maximum Gasteiger partial charge on any atom is 0.328 e. The zero-order valence-corrected chi connectivity index (χ0v) is 11.6. The van der Waals surface area contributed by atoms with E-state index in [1.54, 1.807) is 18.2 Å². The van der Waals surface area contributed by atoms with E-state index in [2.05, 4.69) is 5.32 Å². The first-order valence-corrected chi connectivity index (χ1v) is 6.54. The lowest BCUT2D eigenvalue weighted by Gasteiger charge is -2.14. The van der Waals surface area contributed by atoms with Gasteiger partial charge in [-0.15, -0.1) is 0 Å². The summed E-state index contributed by atoms with van der Waals surface area (Å²) in [6, 6.07) is 3.65. The number of aliphatic carboxylic acids is 1. The van der Waals surface area contributed by atoms with Crippen molar-refractivity contribution in [3.63, 3.8) is 0 Å². The van der Waals surface area contributed by atoms with Crippen molar-refractivity contribution in [2.75, 3.05) is 26.9 Å². The van der Waals surface area contributed by atoms with Gasteiger partial charge in [0.05, 0.1) is 19.8 Å². The zero-order chi connectivity index (χ0) is 15.2. The Labute approximate surface area is 121 Å². The van der Waals surface area contributed by atoms with Gasteiger partial charge < -0.3 is 24.6 Å². The highest BCUT2D eigenvalue weighted by atomic mass is 16.5. The van der Waals surface area contributed by atoms with Crippen LogP contribution >= 0.6 is 0 Å². The van der Waals surface area contributed by atoms with Crippen LogP contribution < -0.4 is 14.8 Å². The molecule has 1 unspecified atom stereocenters. The Morgan fingerprint density at radius 1 is 1.33 bits per heavy atom. The summed E-state index contributed by atoms with van der Waals surface area (Å²) in [4.78, 5) is 23.1. The number of nitrogens with one attached hydrogen (secondary N) is 1. The first-order chi connectivity index (χ1) is 10.1. The second kappa shape index (κ2) is 6.94. The summed E-state index contributed by atoms with van der Waals surface area (Å²) in [5.74, 6) is -0.593. The number of hydrogen-bond acceptors (Lipinski definition) is 5. The number of amides is 1. The zero-order valence-electron chi connectivity index (χ0n) is 11.6. The number of rotatable bonds is 5. The Morgan fingerprint density at radius 3 is 2.71 bits per heavy atom. The van der Waals surface area contributed by atoms with Gasteiger partial charge in [-0.1, -0.05) is 0 Å². The maximum atomic E-state index is 12.1. The highest BCUT2D eigenvalue weighted by Crippen LogP contribution is 2.30. The molecule has 0 aromatic heterocycles. The molecule has 1 aliphatic rings. The van der Waals surface area contributed by atoms with E-state index in [-0.39, 0.29) is 6.61 Å². The van der Waals surface area contributed by atoms with Crippen LogP contribution in [0.3, 0.4) is 0 Å². The number of carboxylic acids is 1. The molecule has 21 heavy (non-hydrogen) atoms. The van der Waals surface area contributed by atoms with Crippen LogP contribution in [0.15, 0.2) is 18.2 Å². The largest absolute Gasteiger partial charge is 0.490 e. The number of methoxy groups -OCH3 is 1. The van der Waals surface area contributed by atoms with E-state index >= 15 is 0 Å². The summed E-state index contributed by atoms with van der Waals surface area (Å²) >= 11 is 0. The Kier molecular flexibility index (Phi) is 4.99.